The van der Waals surface area contributed by atoms with Gasteiger partial charge in [-0.05, 0) is 55.5 Å². The number of aryl methyl sites for hydroxylation is 2. The van der Waals surface area contributed by atoms with Gasteiger partial charge in [-0.2, -0.15) is 0 Å². The minimum absolute atomic E-state index is 0.00133. The van der Waals surface area contributed by atoms with Gasteiger partial charge in [-0.15, -0.1) is 11.3 Å². The molecule has 6 nitrogen and oxygen atoms in total. The molecule has 0 saturated carbocycles. The molecule has 1 aromatic carbocycles. The summed E-state index contributed by atoms with van der Waals surface area (Å²) in [5, 5.41) is 4.44. The quantitative estimate of drug-likeness (QED) is 0.450. The molecule has 3 aromatic heterocycles. The molecule has 5 rings (SSSR count). The van der Waals surface area contributed by atoms with Crippen LogP contribution in [0.25, 0.3) is 10.2 Å². The molecule has 160 valence electrons. The molecule has 0 aliphatic heterocycles. The van der Waals surface area contributed by atoms with E-state index in [1.807, 2.05) is 12.5 Å². The molecule has 4 aromatic rings. The van der Waals surface area contributed by atoms with Crippen LogP contribution in [0.4, 0.5) is 4.39 Å². The predicted molar refractivity (Wildman–Crippen MR) is 120 cm³/mol. The number of halogens is 1. The fourth-order valence-electron chi connectivity index (χ4n) is 4.26. The van der Waals surface area contributed by atoms with Crippen molar-refractivity contribution in [3.63, 3.8) is 0 Å². The van der Waals surface area contributed by atoms with Gasteiger partial charge >= 0.3 is 0 Å². The van der Waals surface area contributed by atoms with Crippen LogP contribution in [0.15, 0.2) is 54.1 Å². The molecule has 1 unspecified atom stereocenters. The summed E-state index contributed by atoms with van der Waals surface area (Å²) in [6, 6.07) is 6.68. The number of fused-ring (bicyclic) bond motifs is 3. The van der Waals surface area contributed by atoms with Gasteiger partial charge in [-0.25, -0.2) is 14.4 Å². The molecule has 0 spiro atoms. The third kappa shape index (κ3) is 4.31. The number of imidazole rings is 1. The van der Waals surface area contributed by atoms with Gasteiger partial charge in [0, 0.05) is 29.9 Å². The Bertz CT molecular complexity index is 1230. The van der Waals surface area contributed by atoms with Crippen LogP contribution < -0.4 is 10.9 Å². The summed E-state index contributed by atoms with van der Waals surface area (Å²) in [4.78, 5) is 23.9. The minimum Gasteiger partial charge on any atom is -0.337 e. The predicted octanol–water partition coefficient (Wildman–Crippen LogP) is 3.38. The highest BCUT2D eigenvalue weighted by Crippen LogP contribution is 2.33. The molecular weight excluding hydrogens is 413 g/mol. The third-order valence-corrected chi connectivity index (χ3v) is 7.05. The van der Waals surface area contributed by atoms with Crippen molar-refractivity contribution in [2.45, 2.75) is 44.8 Å². The highest BCUT2D eigenvalue weighted by atomic mass is 32.1. The molecule has 1 N–H and O–H groups in total. The Morgan fingerprint density at radius 3 is 2.90 bits per heavy atom. The fraction of sp³-hybridized carbons (Fsp3) is 0.348. The lowest BCUT2D eigenvalue weighted by molar-refractivity contribution is 0.449. The molecule has 31 heavy (non-hydrogen) atoms. The summed E-state index contributed by atoms with van der Waals surface area (Å²) >= 11 is 1.65. The van der Waals surface area contributed by atoms with E-state index in [4.69, 9.17) is 0 Å². The number of thiophene rings is 1. The third-order valence-electron chi connectivity index (χ3n) is 5.89. The number of nitrogens with one attached hydrogen (secondary N) is 1. The van der Waals surface area contributed by atoms with Crippen molar-refractivity contribution in [3.05, 3.63) is 81.5 Å². The first-order valence-electron chi connectivity index (χ1n) is 10.6. The van der Waals surface area contributed by atoms with E-state index in [-0.39, 0.29) is 11.4 Å². The van der Waals surface area contributed by atoms with E-state index in [0.29, 0.717) is 12.6 Å². The van der Waals surface area contributed by atoms with Gasteiger partial charge in [0.05, 0.1) is 24.6 Å². The van der Waals surface area contributed by atoms with E-state index in [2.05, 4.69) is 19.9 Å². The van der Waals surface area contributed by atoms with Gasteiger partial charge in [-0.3, -0.25) is 9.36 Å². The molecule has 0 radical (unpaired) electrons. The number of nitrogens with zero attached hydrogens (tertiary/aromatic N) is 4. The molecule has 0 amide bonds. The van der Waals surface area contributed by atoms with Crippen molar-refractivity contribution >= 4 is 21.6 Å². The Labute approximate surface area is 183 Å². The Kier molecular flexibility index (Phi) is 5.65. The molecule has 8 heteroatoms. The second kappa shape index (κ2) is 8.72. The lowest BCUT2D eigenvalue weighted by atomic mass is 9.93. The SMILES string of the molecule is O=c1c2c3c(sc2ncn1Cc1ccc(F)cc1)CC(NCCCn1ccnc1)CC3. The number of hydrogen-bond donors (Lipinski definition) is 1. The second-order valence-corrected chi connectivity index (χ2v) is 9.12. The number of benzene rings is 1. The number of aromatic nitrogens is 4. The highest BCUT2D eigenvalue weighted by molar-refractivity contribution is 7.18. The Morgan fingerprint density at radius 1 is 1.23 bits per heavy atom. The maximum absolute atomic E-state index is 13.2. The van der Waals surface area contributed by atoms with E-state index in [0.717, 1.165) is 54.6 Å². The average molecular weight is 438 g/mol. The summed E-state index contributed by atoms with van der Waals surface area (Å²) in [5.41, 5.74) is 2.05. The van der Waals surface area contributed by atoms with Crippen LogP contribution in [0.2, 0.25) is 0 Å². The molecular formula is C23H24FN5OS. The van der Waals surface area contributed by atoms with E-state index in [1.54, 1.807) is 40.6 Å². The molecule has 3 heterocycles. The maximum atomic E-state index is 13.2. The van der Waals surface area contributed by atoms with Crippen molar-refractivity contribution in [2.24, 2.45) is 0 Å². The highest BCUT2D eigenvalue weighted by Gasteiger charge is 2.25. The van der Waals surface area contributed by atoms with Gasteiger partial charge < -0.3 is 9.88 Å². The summed E-state index contributed by atoms with van der Waals surface area (Å²) in [7, 11) is 0. The lowest BCUT2D eigenvalue weighted by Gasteiger charge is -2.23. The molecule has 0 bridgehead atoms. The van der Waals surface area contributed by atoms with Gasteiger partial charge in [-0.1, -0.05) is 12.1 Å². The smallest absolute Gasteiger partial charge is 0.262 e. The van der Waals surface area contributed by atoms with Crippen LogP contribution in [0.5, 0.6) is 0 Å². The Hall–Kier alpha value is -2.84. The summed E-state index contributed by atoms with van der Waals surface area (Å²) in [5.74, 6) is -0.276. The standard InChI is InChI=1S/C23H24FN5OS/c24-17-4-2-16(3-5-17)13-29-15-27-22-21(23(29)30)19-7-6-18(12-20(19)31-22)26-8-1-10-28-11-9-25-14-28/h2-5,9,11,14-15,18,26H,1,6-8,10,12-13H2. The maximum Gasteiger partial charge on any atom is 0.262 e. The summed E-state index contributed by atoms with van der Waals surface area (Å²) in [6.07, 6.45) is 11.2. The zero-order valence-corrected chi connectivity index (χ0v) is 17.9. The zero-order valence-electron chi connectivity index (χ0n) is 17.1. The normalized spacial score (nSPS) is 16.0. The van der Waals surface area contributed by atoms with Crippen LogP contribution in [0.3, 0.4) is 0 Å². The fourth-order valence-corrected chi connectivity index (χ4v) is 5.52. The molecule has 1 aliphatic carbocycles. The van der Waals surface area contributed by atoms with Gasteiger partial charge in [0.2, 0.25) is 0 Å². The van der Waals surface area contributed by atoms with Crippen molar-refractivity contribution in [3.8, 4) is 0 Å². The van der Waals surface area contributed by atoms with Crippen LogP contribution in [0, 0.1) is 5.82 Å². The largest absolute Gasteiger partial charge is 0.337 e. The van der Waals surface area contributed by atoms with Crippen LogP contribution in [-0.2, 0) is 25.9 Å². The first-order valence-corrected chi connectivity index (χ1v) is 11.4. The Balaban J connectivity index is 1.28. The Morgan fingerprint density at radius 2 is 2.10 bits per heavy atom. The lowest BCUT2D eigenvalue weighted by Crippen LogP contribution is -2.35. The van der Waals surface area contributed by atoms with Crippen molar-refractivity contribution in [1.82, 2.24) is 24.4 Å². The van der Waals surface area contributed by atoms with Crippen LogP contribution in [0.1, 0.15) is 28.8 Å². The van der Waals surface area contributed by atoms with E-state index in [1.165, 1.54) is 22.6 Å². The second-order valence-electron chi connectivity index (χ2n) is 8.04. The number of hydrogen-bond acceptors (Lipinski definition) is 5. The molecule has 1 aliphatic rings. The molecule has 1 atom stereocenters. The molecule has 0 fully saturated rings. The van der Waals surface area contributed by atoms with Gasteiger partial charge in [0.15, 0.2) is 0 Å². The van der Waals surface area contributed by atoms with E-state index < -0.39 is 0 Å². The van der Waals surface area contributed by atoms with Crippen LogP contribution in [-0.4, -0.2) is 31.7 Å². The van der Waals surface area contributed by atoms with E-state index >= 15 is 0 Å². The van der Waals surface area contributed by atoms with Gasteiger partial charge in [0.1, 0.15) is 10.6 Å². The first-order chi connectivity index (χ1) is 15.2. The average Bonchev–Trinajstić information content (AvgIpc) is 3.42. The summed E-state index contributed by atoms with van der Waals surface area (Å²) < 4.78 is 16.9. The van der Waals surface area contributed by atoms with Crippen LogP contribution >= 0.6 is 11.3 Å². The molecule has 0 saturated heterocycles. The van der Waals surface area contributed by atoms with Gasteiger partial charge in [0.25, 0.3) is 5.56 Å². The number of rotatable bonds is 7. The topological polar surface area (TPSA) is 64.7 Å². The summed E-state index contributed by atoms with van der Waals surface area (Å²) in [6.45, 7) is 2.32. The first kappa shape index (κ1) is 20.1. The van der Waals surface area contributed by atoms with Crippen molar-refractivity contribution < 1.29 is 4.39 Å². The van der Waals surface area contributed by atoms with Crippen molar-refractivity contribution in [2.75, 3.05) is 6.54 Å². The van der Waals surface area contributed by atoms with Crippen molar-refractivity contribution in [1.29, 1.82) is 0 Å². The van der Waals surface area contributed by atoms with E-state index in [9.17, 15) is 9.18 Å². The monoisotopic (exact) mass is 437 g/mol. The minimum atomic E-state index is -0.276. The zero-order chi connectivity index (χ0) is 21.2.